The van der Waals surface area contributed by atoms with Crippen LogP contribution in [0.2, 0.25) is 0 Å². The molecule has 1 heterocycles. The Morgan fingerprint density at radius 1 is 1.00 bits per heavy atom. The van der Waals surface area contributed by atoms with Gasteiger partial charge in [-0.3, -0.25) is 0 Å². The summed E-state index contributed by atoms with van der Waals surface area (Å²) in [4.78, 5) is 3.84. The summed E-state index contributed by atoms with van der Waals surface area (Å²) in [5, 5.41) is 1.35. The minimum Gasteiger partial charge on any atom is -0.357 e. The summed E-state index contributed by atoms with van der Waals surface area (Å²) < 4.78 is 0. The third kappa shape index (κ3) is 1.33. The van der Waals surface area contributed by atoms with Crippen LogP contribution in [0.25, 0.3) is 10.9 Å². The van der Waals surface area contributed by atoms with Gasteiger partial charge in [-0.15, -0.1) is 0 Å². The van der Waals surface area contributed by atoms with Crippen LogP contribution in [0, 0.1) is 0 Å². The maximum atomic E-state index is 3.83. The SMILES string of the molecule is BrC1c2ccccc2Cc2c1[nH]c1ccccc21. The maximum absolute atomic E-state index is 3.83. The third-order valence-electron chi connectivity index (χ3n) is 3.80. The van der Waals surface area contributed by atoms with Gasteiger partial charge in [0.15, 0.2) is 0 Å². The van der Waals surface area contributed by atoms with Crippen molar-refractivity contribution in [1.82, 2.24) is 4.98 Å². The van der Waals surface area contributed by atoms with Crippen molar-refractivity contribution in [3.05, 3.63) is 70.9 Å². The van der Waals surface area contributed by atoms with E-state index in [-0.39, 0.29) is 4.83 Å². The number of halogens is 1. The zero-order valence-corrected chi connectivity index (χ0v) is 11.4. The quantitative estimate of drug-likeness (QED) is 0.586. The largest absolute Gasteiger partial charge is 0.357 e. The third-order valence-corrected chi connectivity index (χ3v) is 4.75. The number of aromatic nitrogens is 1. The lowest BCUT2D eigenvalue weighted by Crippen LogP contribution is -2.08. The Bertz CT molecular complexity index is 742. The molecule has 1 nitrogen and oxygen atoms in total. The highest BCUT2D eigenvalue weighted by atomic mass is 79.9. The highest BCUT2D eigenvalue weighted by molar-refractivity contribution is 9.09. The van der Waals surface area contributed by atoms with Crippen LogP contribution in [0.3, 0.4) is 0 Å². The molecule has 0 aliphatic heterocycles. The summed E-state index contributed by atoms with van der Waals surface area (Å²) in [7, 11) is 0. The molecule has 2 heteroatoms. The fourth-order valence-electron chi connectivity index (χ4n) is 2.92. The van der Waals surface area contributed by atoms with E-state index in [0.29, 0.717) is 0 Å². The van der Waals surface area contributed by atoms with E-state index in [1.807, 2.05) is 0 Å². The van der Waals surface area contributed by atoms with Gasteiger partial charge in [-0.25, -0.2) is 0 Å². The second-order valence-electron chi connectivity index (χ2n) is 4.80. The minimum absolute atomic E-state index is 0.282. The highest BCUT2D eigenvalue weighted by Gasteiger charge is 2.26. The van der Waals surface area contributed by atoms with E-state index in [0.717, 1.165) is 6.42 Å². The average Bonchev–Trinajstić information content (AvgIpc) is 2.79. The number of H-pyrrole nitrogens is 1. The summed E-state index contributed by atoms with van der Waals surface area (Å²) in [6, 6.07) is 17.2. The number of para-hydroxylation sites is 1. The van der Waals surface area contributed by atoms with Crippen LogP contribution in [0.15, 0.2) is 48.5 Å². The number of alkyl halides is 1. The van der Waals surface area contributed by atoms with Gasteiger partial charge in [0.1, 0.15) is 0 Å². The van der Waals surface area contributed by atoms with E-state index in [2.05, 4.69) is 69.4 Å². The Morgan fingerprint density at radius 2 is 1.78 bits per heavy atom. The van der Waals surface area contributed by atoms with Crippen LogP contribution in [0.5, 0.6) is 0 Å². The van der Waals surface area contributed by atoms with E-state index < -0.39 is 0 Å². The second kappa shape index (κ2) is 3.72. The number of hydrogen-bond donors (Lipinski definition) is 1. The predicted molar refractivity (Wildman–Crippen MR) is 78.3 cm³/mol. The van der Waals surface area contributed by atoms with E-state index in [9.17, 15) is 0 Å². The highest BCUT2D eigenvalue weighted by Crippen LogP contribution is 2.42. The summed E-state index contributed by atoms with van der Waals surface area (Å²) >= 11 is 3.83. The molecule has 2 aromatic carbocycles. The number of nitrogens with one attached hydrogen (secondary N) is 1. The first-order valence-corrected chi connectivity index (χ1v) is 7.07. The molecule has 0 saturated carbocycles. The fraction of sp³-hybridized carbons (Fsp3) is 0.125. The fourth-order valence-corrected chi connectivity index (χ4v) is 3.75. The molecule has 0 spiro atoms. The molecule has 1 atom stereocenters. The van der Waals surface area contributed by atoms with Crippen LogP contribution in [0.1, 0.15) is 27.2 Å². The van der Waals surface area contributed by atoms with Crippen molar-refractivity contribution in [2.24, 2.45) is 0 Å². The lowest BCUT2D eigenvalue weighted by molar-refractivity contribution is 0.973. The van der Waals surface area contributed by atoms with E-state index in [1.165, 1.54) is 33.3 Å². The monoisotopic (exact) mass is 297 g/mol. The molecule has 88 valence electrons. The van der Waals surface area contributed by atoms with Gasteiger partial charge >= 0.3 is 0 Å². The van der Waals surface area contributed by atoms with Crippen molar-refractivity contribution in [2.75, 3.05) is 0 Å². The summed E-state index contributed by atoms with van der Waals surface area (Å²) in [6.07, 6.45) is 1.03. The van der Waals surface area contributed by atoms with Gasteiger partial charge in [-0.1, -0.05) is 58.4 Å². The van der Waals surface area contributed by atoms with Crippen molar-refractivity contribution < 1.29 is 0 Å². The zero-order valence-electron chi connectivity index (χ0n) is 9.78. The first-order chi connectivity index (χ1) is 8.84. The molecule has 0 fully saturated rings. The summed E-state index contributed by atoms with van der Waals surface area (Å²) in [6.45, 7) is 0. The molecule has 0 bridgehead atoms. The van der Waals surface area contributed by atoms with Gasteiger partial charge in [0.05, 0.1) is 4.83 Å². The molecule has 0 radical (unpaired) electrons. The van der Waals surface area contributed by atoms with Gasteiger partial charge in [0, 0.05) is 23.0 Å². The van der Waals surface area contributed by atoms with Gasteiger partial charge in [-0.05, 0) is 22.8 Å². The minimum atomic E-state index is 0.282. The van der Waals surface area contributed by atoms with Gasteiger partial charge in [0.2, 0.25) is 0 Å². The molecule has 3 aromatic rings. The Balaban J connectivity index is 2.02. The number of fused-ring (bicyclic) bond motifs is 4. The van der Waals surface area contributed by atoms with Crippen LogP contribution in [-0.2, 0) is 6.42 Å². The molecular formula is C16H12BrN. The van der Waals surface area contributed by atoms with E-state index in [4.69, 9.17) is 0 Å². The Hall–Kier alpha value is -1.54. The normalized spacial score (nSPS) is 17.5. The number of benzene rings is 2. The summed E-state index contributed by atoms with van der Waals surface area (Å²) in [5.74, 6) is 0. The lowest BCUT2D eigenvalue weighted by Gasteiger charge is -2.21. The van der Waals surface area contributed by atoms with Gasteiger partial charge < -0.3 is 4.98 Å². The van der Waals surface area contributed by atoms with Crippen LogP contribution >= 0.6 is 15.9 Å². The van der Waals surface area contributed by atoms with Crippen LogP contribution < -0.4 is 0 Å². The van der Waals surface area contributed by atoms with Crippen molar-refractivity contribution in [3.63, 3.8) is 0 Å². The van der Waals surface area contributed by atoms with Crippen molar-refractivity contribution in [1.29, 1.82) is 0 Å². The lowest BCUT2D eigenvalue weighted by atomic mass is 9.89. The maximum Gasteiger partial charge on any atom is 0.0800 e. The van der Waals surface area contributed by atoms with E-state index in [1.54, 1.807) is 0 Å². The molecule has 1 unspecified atom stereocenters. The number of aromatic amines is 1. The predicted octanol–water partition coefficient (Wildman–Crippen LogP) is 4.56. The number of hydrogen-bond acceptors (Lipinski definition) is 0. The molecule has 0 saturated heterocycles. The smallest absolute Gasteiger partial charge is 0.0800 e. The topological polar surface area (TPSA) is 15.8 Å². The van der Waals surface area contributed by atoms with Gasteiger partial charge in [0.25, 0.3) is 0 Å². The van der Waals surface area contributed by atoms with Gasteiger partial charge in [-0.2, -0.15) is 0 Å². The van der Waals surface area contributed by atoms with Crippen molar-refractivity contribution >= 4 is 26.8 Å². The Kier molecular flexibility index (Phi) is 2.15. The van der Waals surface area contributed by atoms with Crippen LogP contribution in [-0.4, -0.2) is 4.98 Å². The Labute approximate surface area is 114 Å². The van der Waals surface area contributed by atoms with E-state index >= 15 is 0 Å². The Morgan fingerprint density at radius 3 is 2.72 bits per heavy atom. The first kappa shape index (κ1) is 10.4. The molecule has 1 aliphatic carbocycles. The first-order valence-electron chi connectivity index (χ1n) is 6.16. The zero-order chi connectivity index (χ0) is 12.1. The number of rotatable bonds is 0. The molecule has 4 rings (SSSR count). The molecule has 0 amide bonds. The van der Waals surface area contributed by atoms with Crippen molar-refractivity contribution in [3.8, 4) is 0 Å². The standard InChI is InChI=1S/C16H12BrN/c17-15-11-6-2-1-5-10(11)9-13-12-7-3-4-8-14(12)18-16(13)15/h1-8,15,18H,9H2. The van der Waals surface area contributed by atoms with Crippen LogP contribution in [0.4, 0.5) is 0 Å². The molecular weight excluding hydrogens is 286 g/mol. The molecule has 1 aromatic heterocycles. The average molecular weight is 298 g/mol. The molecule has 1 aliphatic rings. The molecule has 18 heavy (non-hydrogen) atoms. The molecule has 1 N–H and O–H groups in total. The second-order valence-corrected chi connectivity index (χ2v) is 5.72. The van der Waals surface area contributed by atoms with Crippen molar-refractivity contribution in [2.45, 2.75) is 11.2 Å². The summed E-state index contributed by atoms with van der Waals surface area (Å²) in [5.41, 5.74) is 6.80.